The SMILES string of the molecule is CCCN(CCNC[C@H](O)c1ccc(O)c2[nH]c(=O)ccc12)C(=O)CCOCCc1ccc(CCN2C[C@H]3C[C@@H](OC(=O)Nc4ccccc4-c4ccccc4)C[C@H]3C2)cc1. The van der Waals surface area contributed by atoms with E-state index in [9.17, 15) is 24.6 Å². The second kappa shape index (κ2) is 21.3. The number of para-hydroxylation sites is 1. The molecule has 2 aliphatic rings. The number of carbonyl (C=O) groups is 2. The molecule has 61 heavy (non-hydrogen) atoms. The maximum absolute atomic E-state index is 13.0. The van der Waals surface area contributed by atoms with Gasteiger partial charge in [0, 0.05) is 62.8 Å². The Bertz CT molecular complexity index is 2250. The van der Waals surface area contributed by atoms with Crippen molar-refractivity contribution in [3.8, 4) is 16.9 Å². The molecule has 12 heteroatoms. The number of likely N-dealkylation sites (tertiary alicyclic amines) is 1. The van der Waals surface area contributed by atoms with Crippen LogP contribution in [0.2, 0.25) is 0 Å². The molecule has 2 heterocycles. The molecule has 1 saturated carbocycles. The van der Waals surface area contributed by atoms with E-state index in [1.165, 1.54) is 23.3 Å². The van der Waals surface area contributed by atoms with Gasteiger partial charge in [-0.25, -0.2) is 4.79 Å². The summed E-state index contributed by atoms with van der Waals surface area (Å²) in [4.78, 5) is 44.7. The van der Waals surface area contributed by atoms with Gasteiger partial charge in [0.15, 0.2) is 0 Å². The number of aromatic hydroxyl groups is 1. The maximum Gasteiger partial charge on any atom is 0.411 e. The fourth-order valence-corrected chi connectivity index (χ4v) is 8.89. The Morgan fingerprint density at radius 2 is 1.59 bits per heavy atom. The zero-order valence-corrected chi connectivity index (χ0v) is 35.1. The largest absolute Gasteiger partial charge is 0.506 e. The number of phenols is 1. The third-order valence-corrected chi connectivity index (χ3v) is 12.0. The molecule has 4 atom stereocenters. The van der Waals surface area contributed by atoms with Crippen molar-refractivity contribution in [2.45, 2.75) is 57.7 Å². The fourth-order valence-electron chi connectivity index (χ4n) is 8.89. The standard InChI is InChI=1S/C49H59N5O7/c1-2-24-54(26-23-50-31-45(56)41-16-18-44(55)48-42(41)17-19-46(57)52-48)47(58)22-28-60-27-21-35-14-12-34(13-15-35)20-25-53-32-37-29-39(30-38(37)33-53)61-49(59)51-43-11-7-6-10-40(43)36-8-4-3-5-9-36/h3-19,37-39,45,50,55-56H,2,20-33H2,1H3,(H,51,59)(H,52,57)/t37-,38+,39-,45-/m0/s1. The van der Waals surface area contributed by atoms with E-state index in [-0.39, 0.29) is 36.0 Å². The lowest BCUT2D eigenvalue weighted by atomic mass is 10.0. The van der Waals surface area contributed by atoms with Crippen LogP contribution >= 0.6 is 0 Å². The number of hydrogen-bond donors (Lipinski definition) is 5. The van der Waals surface area contributed by atoms with Crippen LogP contribution in [0.3, 0.4) is 0 Å². The average molecular weight is 830 g/mol. The first-order valence-electron chi connectivity index (χ1n) is 21.8. The monoisotopic (exact) mass is 829 g/mol. The van der Waals surface area contributed by atoms with Crippen LogP contribution in [-0.2, 0) is 27.1 Å². The lowest BCUT2D eigenvalue weighted by Gasteiger charge is -2.23. The molecule has 0 unspecified atom stereocenters. The predicted octanol–water partition coefficient (Wildman–Crippen LogP) is 6.91. The highest BCUT2D eigenvalue weighted by Gasteiger charge is 2.42. The quantitative estimate of drug-likeness (QED) is 0.0526. The van der Waals surface area contributed by atoms with Gasteiger partial charge in [-0.15, -0.1) is 0 Å². The fraction of sp³-hybridized carbons (Fsp3) is 0.408. The Morgan fingerprint density at radius 3 is 2.34 bits per heavy atom. The van der Waals surface area contributed by atoms with Crippen molar-refractivity contribution >= 4 is 28.6 Å². The first-order valence-corrected chi connectivity index (χ1v) is 21.8. The number of H-pyrrole nitrogens is 1. The number of benzene rings is 4. The Morgan fingerprint density at radius 1 is 0.869 bits per heavy atom. The lowest BCUT2D eigenvalue weighted by molar-refractivity contribution is -0.132. The van der Waals surface area contributed by atoms with Crippen LogP contribution in [0.4, 0.5) is 10.5 Å². The zero-order valence-electron chi connectivity index (χ0n) is 35.1. The minimum absolute atomic E-state index is 0.0425. The van der Waals surface area contributed by atoms with Crippen molar-refractivity contribution in [3.05, 3.63) is 130 Å². The molecule has 0 bridgehead atoms. The van der Waals surface area contributed by atoms with Crippen molar-refractivity contribution < 1.29 is 29.3 Å². The highest BCUT2D eigenvalue weighted by molar-refractivity contribution is 5.91. The summed E-state index contributed by atoms with van der Waals surface area (Å²) in [5.41, 5.74) is 5.87. The normalized spacial score (nSPS) is 17.9. The summed E-state index contributed by atoms with van der Waals surface area (Å²) in [7, 11) is 0. The van der Waals surface area contributed by atoms with E-state index < -0.39 is 6.10 Å². The van der Waals surface area contributed by atoms with E-state index in [1.807, 2.05) is 66.4 Å². The third kappa shape index (κ3) is 11.9. The zero-order chi connectivity index (χ0) is 42.6. The summed E-state index contributed by atoms with van der Waals surface area (Å²) >= 11 is 0. The molecule has 1 aromatic heterocycles. The number of hydrogen-bond acceptors (Lipinski definition) is 9. The number of aliphatic hydroxyl groups is 1. The van der Waals surface area contributed by atoms with E-state index in [0.717, 1.165) is 68.6 Å². The molecular weight excluding hydrogens is 771 g/mol. The molecule has 4 aromatic carbocycles. The smallest absolute Gasteiger partial charge is 0.411 e. The molecule has 322 valence electrons. The van der Waals surface area contributed by atoms with E-state index >= 15 is 0 Å². The second-order valence-electron chi connectivity index (χ2n) is 16.4. The predicted molar refractivity (Wildman–Crippen MR) is 239 cm³/mol. The second-order valence-corrected chi connectivity index (χ2v) is 16.4. The molecule has 0 radical (unpaired) electrons. The lowest BCUT2D eigenvalue weighted by Crippen LogP contribution is -2.38. The van der Waals surface area contributed by atoms with Gasteiger partial charge in [0.25, 0.3) is 0 Å². The summed E-state index contributed by atoms with van der Waals surface area (Å²) < 4.78 is 11.8. The van der Waals surface area contributed by atoms with Crippen LogP contribution in [0.15, 0.2) is 108 Å². The average Bonchev–Trinajstić information content (AvgIpc) is 3.83. The summed E-state index contributed by atoms with van der Waals surface area (Å²) in [6.45, 7) is 7.97. The van der Waals surface area contributed by atoms with Crippen molar-refractivity contribution in [2.75, 3.05) is 64.3 Å². The number of pyridine rings is 1. The molecule has 5 N–H and O–H groups in total. The van der Waals surface area contributed by atoms with Crippen LogP contribution in [0.1, 0.15) is 55.4 Å². The number of fused-ring (bicyclic) bond motifs is 2. The van der Waals surface area contributed by atoms with Crippen LogP contribution < -0.4 is 16.2 Å². The topological polar surface area (TPSA) is 156 Å². The van der Waals surface area contributed by atoms with Gasteiger partial charge in [0.2, 0.25) is 11.5 Å². The first-order chi connectivity index (χ1) is 29.7. The number of anilines is 1. The molecule has 2 fully saturated rings. The van der Waals surface area contributed by atoms with Crippen LogP contribution in [0.25, 0.3) is 22.0 Å². The first kappa shape index (κ1) is 43.6. The minimum Gasteiger partial charge on any atom is -0.506 e. The van der Waals surface area contributed by atoms with Gasteiger partial charge in [0.1, 0.15) is 11.9 Å². The minimum atomic E-state index is -0.861. The molecule has 12 nitrogen and oxygen atoms in total. The van der Waals surface area contributed by atoms with Crippen LogP contribution in [0.5, 0.6) is 5.75 Å². The highest BCUT2D eigenvalue weighted by Crippen LogP contribution is 2.40. The summed E-state index contributed by atoms with van der Waals surface area (Å²) in [6, 6.07) is 32.7. The Balaban J connectivity index is 0.748. The molecule has 1 aliphatic heterocycles. The number of nitrogens with one attached hydrogen (secondary N) is 3. The van der Waals surface area contributed by atoms with Gasteiger partial charge in [-0.3, -0.25) is 14.9 Å². The number of aromatic nitrogens is 1. The molecular formula is C49H59N5O7. The highest BCUT2D eigenvalue weighted by atomic mass is 16.6. The summed E-state index contributed by atoms with van der Waals surface area (Å²) in [5.74, 6) is 1.10. The molecule has 1 saturated heterocycles. The van der Waals surface area contributed by atoms with Gasteiger partial charge >= 0.3 is 6.09 Å². The Kier molecular flexibility index (Phi) is 15.2. The molecule has 7 rings (SSSR count). The van der Waals surface area contributed by atoms with Crippen LogP contribution in [-0.4, -0.2) is 102 Å². The Hall–Kier alpha value is -5.53. The number of aromatic amines is 1. The van der Waals surface area contributed by atoms with E-state index in [4.69, 9.17) is 9.47 Å². The summed E-state index contributed by atoms with van der Waals surface area (Å²) in [5, 5.41) is 27.8. The van der Waals surface area contributed by atoms with Gasteiger partial charge in [0.05, 0.1) is 36.9 Å². The third-order valence-electron chi connectivity index (χ3n) is 12.0. The number of phenolic OH excluding ortho intramolecular Hbond substituents is 1. The van der Waals surface area contributed by atoms with Crippen LogP contribution in [0, 0.1) is 11.8 Å². The number of rotatable bonds is 20. The number of carbonyl (C=O) groups excluding carboxylic acids is 2. The van der Waals surface area contributed by atoms with Gasteiger partial charge in [-0.05, 0) is 84.4 Å². The number of aliphatic hydroxyl groups excluding tert-OH is 1. The Labute approximate surface area is 357 Å². The number of nitrogens with zero attached hydrogens (tertiary/aromatic N) is 2. The van der Waals surface area contributed by atoms with Crippen molar-refractivity contribution in [2.24, 2.45) is 11.8 Å². The van der Waals surface area contributed by atoms with Crippen molar-refractivity contribution in [3.63, 3.8) is 0 Å². The number of ether oxygens (including phenoxy) is 2. The molecule has 0 spiro atoms. The van der Waals surface area contributed by atoms with Crippen molar-refractivity contribution in [1.82, 2.24) is 20.1 Å². The number of amides is 2. The maximum atomic E-state index is 13.0. The summed E-state index contributed by atoms with van der Waals surface area (Å²) in [6.07, 6.45) is 3.45. The van der Waals surface area contributed by atoms with E-state index in [2.05, 4.69) is 44.8 Å². The van der Waals surface area contributed by atoms with Crippen molar-refractivity contribution in [1.29, 1.82) is 0 Å². The van der Waals surface area contributed by atoms with E-state index in [0.29, 0.717) is 67.6 Å². The van der Waals surface area contributed by atoms with E-state index in [1.54, 1.807) is 12.1 Å². The molecule has 5 aromatic rings. The van der Waals surface area contributed by atoms with Gasteiger partial charge in [-0.1, -0.05) is 85.8 Å². The van der Waals surface area contributed by atoms with Gasteiger partial charge in [-0.2, -0.15) is 0 Å². The van der Waals surface area contributed by atoms with Gasteiger partial charge < -0.3 is 39.8 Å². The molecule has 2 amide bonds. The molecule has 1 aliphatic carbocycles.